The summed E-state index contributed by atoms with van der Waals surface area (Å²) in [6, 6.07) is 9.61. The van der Waals surface area contributed by atoms with Gasteiger partial charge in [0.2, 0.25) is 0 Å². The molecule has 0 unspecified atom stereocenters. The molecule has 0 aliphatic heterocycles. The Morgan fingerprint density at radius 3 is 2.50 bits per heavy atom. The highest BCUT2D eigenvalue weighted by molar-refractivity contribution is 7.17. The average molecular weight is 499 g/mol. The molecule has 5 rings (SSSR count). The number of hydrogen-bond donors (Lipinski definition) is 2. The van der Waals surface area contributed by atoms with Crippen LogP contribution in [-0.2, 0) is 13.5 Å². The van der Waals surface area contributed by atoms with Crippen molar-refractivity contribution in [2.45, 2.75) is 13.3 Å². The third-order valence-electron chi connectivity index (χ3n) is 5.01. The zero-order valence-electron chi connectivity index (χ0n) is 19.5. The van der Waals surface area contributed by atoms with Gasteiger partial charge in [-0.25, -0.2) is 15.0 Å². The maximum absolute atomic E-state index is 13.3. The summed E-state index contributed by atoms with van der Waals surface area (Å²) in [5, 5.41) is 6.59. The van der Waals surface area contributed by atoms with Crippen LogP contribution in [0.2, 0.25) is 0 Å². The van der Waals surface area contributed by atoms with Crippen LogP contribution in [0.4, 0.5) is 5.82 Å². The summed E-state index contributed by atoms with van der Waals surface area (Å²) in [6.45, 7) is 2.00. The van der Waals surface area contributed by atoms with Gasteiger partial charge in [0.1, 0.15) is 10.7 Å². The molecular formula is C25H22N8O2S. The van der Waals surface area contributed by atoms with Crippen molar-refractivity contribution in [1.82, 2.24) is 29.3 Å². The van der Waals surface area contributed by atoms with Gasteiger partial charge in [-0.3, -0.25) is 18.8 Å². The van der Waals surface area contributed by atoms with E-state index in [2.05, 4.69) is 26.9 Å². The standard InChI is InChI=1S/C20H16N4OS.C5H6N4O/c1-3-17-22-19-18(20(25)24(17)16-7-5-4-6-8-16)15(13-26-19)10-9-14-11-21-23(2)12-14;6-4-3(5(7)10)8-1-2-9-4/h4-8,11-13H,3H2,1-2H3;1-2H,(H2,6,9)(H2,7,10). The number of aromatic nitrogens is 6. The highest BCUT2D eigenvalue weighted by atomic mass is 32.1. The van der Waals surface area contributed by atoms with Crippen molar-refractivity contribution in [3.63, 3.8) is 0 Å². The summed E-state index contributed by atoms with van der Waals surface area (Å²) in [5.74, 6) is 6.34. The van der Waals surface area contributed by atoms with Crippen molar-refractivity contribution in [2.75, 3.05) is 5.73 Å². The zero-order valence-corrected chi connectivity index (χ0v) is 20.4. The van der Waals surface area contributed by atoms with Crippen LogP contribution in [0.15, 0.2) is 65.3 Å². The molecule has 0 aliphatic rings. The molecule has 0 saturated carbocycles. The Kier molecular flexibility index (Phi) is 7.17. The van der Waals surface area contributed by atoms with Gasteiger partial charge in [-0.2, -0.15) is 5.10 Å². The number of para-hydroxylation sites is 1. The quantitative estimate of drug-likeness (QED) is 0.363. The predicted octanol–water partition coefficient (Wildman–Crippen LogP) is 2.30. The number of rotatable bonds is 3. The van der Waals surface area contributed by atoms with E-state index < -0.39 is 5.91 Å². The van der Waals surface area contributed by atoms with E-state index in [1.807, 2.05) is 55.9 Å². The van der Waals surface area contributed by atoms with Crippen molar-refractivity contribution in [1.29, 1.82) is 0 Å². The van der Waals surface area contributed by atoms with Crippen LogP contribution >= 0.6 is 11.3 Å². The summed E-state index contributed by atoms with van der Waals surface area (Å²) in [7, 11) is 1.85. The molecule has 0 spiro atoms. The van der Waals surface area contributed by atoms with Gasteiger partial charge < -0.3 is 11.5 Å². The predicted molar refractivity (Wildman–Crippen MR) is 139 cm³/mol. The molecule has 36 heavy (non-hydrogen) atoms. The lowest BCUT2D eigenvalue weighted by molar-refractivity contribution is 0.0996. The number of fused-ring (bicyclic) bond motifs is 1. The van der Waals surface area contributed by atoms with E-state index in [1.54, 1.807) is 15.4 Å². The first-order valence-corrected chi connectivity index (χ1v) is 11.7. The van der Waals surface area contributed by atoms with Crippen LogP contribution in [0.5, 0.6) is 0 Å². The van der Waals surface area contributed by atoms with Crippen LogP contribution in [-0.4, -0.2) is 35.2 Å². The fraction of sp³-hybridized carbons (Fsp3) is 0.120. The minimum Gasteiger partial charge on any atom is -0.382 e. The minimum absolute atomic E-state index is 0.0162. The van der Waals surface area contributed by atoms with Gasteiger partial charge in [-0.15, -0.1) is 11.3 Å². The lowest BCUT2D eigenvalue weighted by Gasteiger charge is -2.11. The number of primary amides is 1. The Labute approximate surface area is 210 Å². The monoisotopic (exact) mass is 498 g/mol. The van der Waals surface area contributed by atoms with Crippen LogP contribution in [0.3, 0.4) is 0 Å². The topological polar surface area (TPSA) is 148 Å². The van der Waals surface area contributed by atoms with Gasteiger partial charge in [0.05, 0.1) is 28.4 Å². The van der Waals surface area contributed by atoms with E-state index in [0.29, 0.717) is 17.4 Å². The fourth-order valence-corrected chi connectivity index (χ4v) is 4.25. The second-order valence-corrected chi connectivity index (χ2v) is 8.35. The highest BCUT2D eigenvalue weighted by Crippen LogP contribution is 2.22. The number of thiophene rings is 1. The molecule has 1 aromatic carbocycles. The molecule has 10 nitrogen and oxygen atoms in total. The number of nitrogens with two attached hydrogens (primary N) is 2. The Hall–Kier alpha value is -4.82. The van der Waals surface area contributed by atoms with Gasteiger partial charge in [0.15, 0.2) is 11.5 Å². The molecule has 0 fully saturated rings. The van der Waals surface area contributed by atoms with Crippen LogP contribution < -0.4 is 17.0 Å². The van der Waals surface area contributed by atoms with Gasteiger partial charge in [0.25, 0.3) is 11.5 Å². The van der Waals surface area contributed by atoms with Crippen molar-refractivity contribution in [2.24, 2.45) is 12.8 Å². The Morgan fingerprint density at radius 1 is 1.14 bits per heavy atom. The van der Waals surface area contributed by atoms with Crippen molar-refractivity contribution in [3.8, 4) is 17.5 Å². The van der Waals surface area contributed by atoms with Gasteiger partial charge in [-0.1, -0.05) is 37.0 Å². The number of benzene rings is 1. The molecule has 11 heteroatoms. The first kappa shape index (κ1) is 24.3. The lowest BCUT2D eigenvalue weighted by atomic mass is 10.2. The van der Waals surface area contributed by atoms with Gasteiger partial charge in [-0.05, 0) is 12.1 Å². The normalized spacial score (nSPS) is 10.3. The summed E-state index contributed by atoms with van der Waals surface area (Å²) >= 11 is 1.45. The average Bonchev–Trinajstić information content (AvgIpc) is 3.49. The number of anilines is 1. The summed E-state index contributed by atoms with van der Waals surface area (Å²) in [4.78, 5) is 36.4. The lowest BCUT2D eigenvalue weighted by Crippen LogP contribution is -2.23. The second kappa shape index (κ2) is 10.6. The first-order valence-electron chi connectivity index (χ1n) is 10.8. The number of hydrogen-bond acceptors (Lipinski definition) is 8. The van der Waals surface area contributed by atoms with Crippen molar-refractivity contribution >= 4 is 33.3 Å². The van der Waals surface area contributed by atoms with E-state index in [-0.39, 0.29) is 17.1 Å². The summed E-state index contributed by atoms with van der Waals surface area (Å²) in [5.41, 5.74) is 12.4. The molecule has 0 radical (unpaired) electrons. The molecule has 0 saturated heterocycles. The first-order chi connectivity index (χ1) is 17.4. The highest BCUT2D eigenvalue weighted by Gasteiger charge is 2.15. The summed E-state index contributed by atoms with van der Waals surface area (Å²) < 4.78 is 3.39. The smallest absolute Gasteiger partial charge is 0.271 e. The molecule has 0 bridgehead atoms. The number of carbonyl (C=O) groups is 1. The molecule has 4 N–H and O–H groups in total. The third-order valence-corrected chi connectivity index (χ3v) is 5.89. The van der Waals surface area contributed by atoms with E-state index in [0.717, 1.165) is 21.9 Å². The van der Waals surface area contributed by atoms with Gasteiger partial charge in [0, 0.05) is 37.4 Å². The van der Waals surface area contributed by atoms with Gasteiger partial charge >= 0.3 is 0 Å². The van der Waals surface area contributed by atoms with E-state index in [9.17, 15) is 9.59 Å². The molecule has 1 amide bonds. The van der Waals surface area contributed by atoms with Crippen LogP contribution in [0.25, 0.3) is 15.9 Å². The van der Waals surface area contributed by atoms with Crippen LogP contribution in [0.1, 0.15) is 34.4 Å². The Morgan fingerprint density at radius 2 is 1.89 bits per heavy atom. The number of nitrogen functional groups attached to an aromatic ring is 1. The number of aryl methyl sites for hydroxylation is 2. The third kappa shape index (κ3) is 5.13. The van der Waals surface area contributed by atoms with Crippen molar-refractivity contribution < 1.29 is 4.79 Å². The molecule has 5 aromatic rings. The molecule has 0 aliphatic carbocycles. The van der Waals surface area contributed by atoms with E-state index in [4.69, 9.17) is 16.5 Å². The van der Waals surface area contributed by atoms with E-state index in [1.165, 1.54) is 23.7 Å². The number of nitrogens with zero attached hydrogens (tertiary/aromatic N) is 6. The second-order valence-electron chi connectivity index (χ2n) is 7.49. The molecule has 4 heterocycles. The maximum atomic E-state index is 13.3. The Bertz CT molecular complexity index is 1660. The van der Waals surface area contributed by atoms with E-state index >= 15 is 0 Å². The van der Waals surface area contributed by atoms with Crippen LogP contribution in [0, 0.1) is 11.8 Å². The molecule has 180 valence electrons. The SMILES string of the molecule is CCc1nc2scc(C#Cc3cnn(C)c3)c2c(=O)n1-c1ccccc1.NC(=O)c1nccnc1N. The maximum Gasteiger partial charge on any atom is 0.271 e. The number of carbonyl (C=O) groups excluding carboxylic acids is 1. The number of amides is 1. The Balaban J connectivity index is 0.000000256. The molecular weight excluding hydrogens is 476 g/mol. The molecule has 0 atom stereocenters. The fourth-order valence-electron chi connectivity index (χ4n) is 3.37. The van der Waals surface area contributed by atoms with Crippen molar-refractivity contribution in [3.05, 3.63) is 93.5 Å². The molecule has 4 aromatic heterocycles. The zero-order chi connectivity index (χ0) is 25.7. The largest absolute Gasteiger partial charge is 0.382 e. The summed E-state index contributed by atoms with van der Waals surface area (Å²) in [6.07, 6.45) is 6.97. The minimum atomic E-state index is -0.661.